The van der Waals surface area contributed by atoms with E-state index in [9.17, 15) is 4.79 Å². The first kappa shape index (κ1) is 20.2. The van der Waals surface area contributed by atoms with E-state index in [-0.39, 0.29) is 5.97 Å². The standard InChI is InChI=1S/C23H31NO2/c1-4-6-7-8-9-10-11-16-20-18(3)23(26-22(25)14-5-2)19-15-12-13-17-21(19)24-20/h11-13,15-17H,4-10,14H2,1-3H3/b16-11+. The van der Waals surface area contributed by atoms with Gasteiger partial charge in [0.2, 0.25) is 0 Å². The van der Waals surface area contributed by atoms with Crippen LogP contribution < -0.4 is 4.74 Å². The lowest BCUT2D eigenvalue weighted by Crippen LogP contribution is -2.09. The summed E-state index contributed by atoms with van der Waals surface area (Å²) in [6, 6.07) is 7.84. The topological polar surface area (TPSA) is 39.2 Å². The third kappa shape index (κ3) is 5.69. The maximum Gasteiger partial charge on any atom is 0.311 e. The predicted molar refractivity (Wildman–Crippen MR) is 109 cm³/mol. The van der Waals surface area contributed by atoms with E-state index in [0.29, 0.717) is 12.2 Å². The van der Waals surface area contributed by atoms with E-state index >= 15 is 0 Å². The number of allylic oxidation sites excluding steroid dienone is 1. The number of ether oxygens (including phenoxy) is 1. The molecule has 0 fully saturated rings. The zero-order valence-corrected chi connectivity index (χ0v) is 16.4. The van der Waals surface area contributed by atoms with Crippen molar-refractivity contribution in [2.24, 2.45) is 0 Å². The van der Waals surface area contributed by atoms with E-state index in [1.54, 1.807) is 0 Å². The smallest absolute Gasteiger partial charge is 0.311 e. The average Bonchev–Trinajstić information content (AvgIpc) is 2.64. The minimum Gasteiger partial charge on any atom is -0.425 e. The molecule has 0 aliphatic heterocycles. The Labute approximate surface area is 157 Å². The largest absolute Gasteiger partial charge is 0.425 e. The molecule has 0 spiro atoms. The van der Waals surface area contributed by atoms with Crippen LogP contribution in [0.3, 0.4) is 0 Å². The summed E-state index contributed by atoms with van der Waals surface area (Å²) in [5, 5.41) is 0.895. The normalized spacial score (nSPS) is 11.3. The molecule has 1 aromatic heterocycles. The second kappa shape index (κ2) is 10.7. The van der Waals surface area contributed by atoms with Crippen molar-refractivity contribution in [3.63, 3.8) is 0 Å². The molecule has 2 aromatic rings. The van der Waals surface area contributed by atoms with Gasteiger partial charge in [-0.2, -0.15) is 0 Å². The second-order valence-electron chi connectivity index (χ2n) is 6.80. The van der Waals surface area contributed by atoms with Gasteiger partial charge < -0.3 is 4.74 Å². The highest BCUT2D eigenvalue weighted by Crippen LogP contribution is 2.31. The van der Waals surface area contributed by atoms with E-state index in [2.05, 4.69) is 19.1 Å². The summed E-state index contributed by atoms with van der Waals surface area (Å²) in [5.74, 6) is 0.467. The summed E-state index contributed by atoms with van der Waals surface area (Å²) >= 11 is 0. The van der Waals surface area contributed by atoms with E-state index < -0.39 is 0 Å². The molecule has 0 radical (unpaired) electrons. The number of hydrogen-bond donors (Lipinski definition) is 0. The van der Waals surface area contributed by atoms with Gasteiger partial charge >= 0.3 is 5.97 Å². The number of aromatic nitrogens is 1. The number of esters is 1. The van der Waals surface area contributed by atoms with Crippen molar-refractivity contribution in [1.29, 1.82) is 0 Å². The Morgan fingerprint density at radius 1 is 1.08 bits per heavy atom. The highest BCUT2D eigenvalue weighted by atomic mass is 16.5. The molecule has 0 aliphatic carbocycles. The molecule has 0 bridgehead atoms. The zero-order valence-electron chi connectivity index (χ0n) is 16.4. The lowest BCUT2D eigenvalue weighted by Gasteiger charge is -2.12. The third-order valence-corrected chi connectivity index (χ3v) is 4.53. The van der Waals surface area contributed by atoms with Crippen molar-refractivity contribution in [2.45, 2.75) is 72.1 Å². The summed E-state index contributed by atoms with van der Waals surface area (Å²) in [6.45, 7) is 6.20. The number of benzene rings is 1. The van der Waals surface area contributed by atoms with Crippen LogP contribution in [0.2, 0.25) is 0 Å². The fraction of sp³-hybridized carbons (Fsp3) is 0.478. The number of carbonyl (C=O) groups excluding carboxylic acids is 1. The Kier molecular flexibility index (Phi) is 8.33. The maximum atomic E-state index is 12.0. The molecule has 0 unspecified atom stereocenters. The summed E-state index contributed by atoms with van der Waals surface area (Å²) in [5.41, 5.74) is 2.67. The molecule has 140 valence electrons. The monoisotopic (exact) mass is 353 g/mol. The molecule has 1 aromatic carbocycles. The average molecular weight is 354 g/mol. The van der Waals surface area contributed by atoms with Crippen LogP contribution in [0.25, 0.3) is 17.0 Å². The molecule has 1 heterocycles. The highest BCUT2D eigenvalue weighted by molar-refractivity contribution is 5.90. The molecule has 3 nitrogen and oxygen atoms in total. The Morgan fingerprint density at radius 2 is 1.85 bits per heavy atom. The number of para-hydroxylation sites is 1. The van der Waals surface area contributed by atoms with Crippen molar-refractivity contribution in [3.05, 3.63) is 41.6 Å². The van der Waals surface area contributed by atoms with Crippen LogP contribution in [-0.4, -0.2) is 11.0 Å². The van der Waals surface area contributed by atoms with Gasteiger partial charge in [-0.25, -0.2) is 4.98 Å². The van der Waals surface area contributed by atoms with Crippen molar-refractivity contribution in [1.82, 2.24) is 4.98 Å². The molecule has 26 heavy (non-hydrogen) atoms. The fourth-order valence-electron chi connectivity index (χ4n) is 3.02. The van der Waals surface area contributed by atoms with E-state index in [1.807, 2.05) is 38.1 Å². The summed E-state index contributed by atoms with van der Waals surface area (Å²) in [7, 11) is 0. The molecule has 0 N–H and O–H groups in total. The molecule has 0 aliphatic rings. The molecule has 0 saturated carbocycles. The summed E-state index contributed by atoms with van der Waals surface area (Å²) < 4.78 is 5.70. The van der Waals surface area contributed by atoms with Gasteiger partial charge in [-0.1, -0.05) is 57.7 Å². The number of hydrogen-bond acceptors (Lipinski definition) is 3. The van der Waals surface area contributed by atoms with Crippen molar-refractivity contribution in [3.8, 4) is 5.75 Å². The van der Waals surface area contributed by atoms with Crippen LogP contribution in [0.15, 0.2) is 30.3 Å². The van der Waals surface area contributed by atoms with Gasteiger partial charge in [0.05, 0.1) is 11.2 Å². The Hall–Kier alpha value is -2.16. The van der Waals surface area contributed by atoms with Crippen LogP contribution in [-0.2, 0) is 4.79 Å². The van der Waals surface area contributed by atoms with Crippen LogP contribution in [0.1, 0.15) is 76.5 Å². The van der Waals surface area contributed by atoms with Crippen LogP contribution in [0, 0.1) is 6.92 Å². The van der Waals surface area contributed by atoms with Gasteiger partial charge in [-0.15, -0.1) is 0 Å². The minimum absolute atomic E-state index is 0.183. The first-order chi connectivity index (χ1) is 12.7. The number of pyridine rings is 1. The molecule has 2 rings (SSSR count). The molecular formula is C23H31NO2. The maximum absolute atomic E-state index is 12.0. The molecule has 0 saturated heterocycles. The Bertz CT molecular complexity index is 749. The summed E-state index contributed by atoms with van der Waals surface area (Å²) in [4.78, 5) is 16.8. The van der Waals surface area contributed by atoms with E-state index in [1.165, 1.54) is 32.1 Å². The fourth-order valence-corrected chi connectivity index (χ4v) is 3.02. The summed E-state index contributed by atoms with van der Waals surface area (Å²) in [6.07, 6.45) is 12.9. The third-order valence-electron chi connectivity index (χ3n) is 4.53. The van der Waals surface area contributed by atoms with Crippen LogP contribution in [0.5, 0.6) is 5.75 Å². The van der Waals surface area contributed by atoms with Gasteiger partial charge in [-0.3, -0.25) is 4.79 Å². The van der Waals surface area contributed by atoms with Gasteiger partial charge in [0.25, 0.3) is 0 Å². The van der Waals surface area contributed by atoms with Gasteiger partial charge in [0, 0.05) is 17.4 Å². The Balaban J connectivity index is 2.18. The number of unbranched alkanes of at least 4 members (excludes halogenated alkanes) is 5. The molecule has 3 heteroatoms. The quantitative estimate of drug-likeness (QED) is 0.356. The number of nitrogens with zero attached hydrogens (tertiary/aromatic N) is 1. The zero-order chi connectivity index (χ0) is 18.8. The Morgan fingerprint density at radius 3 is 2.62 bits per heavy atom. The second-order valence-corrected chi connectivity index (χ2v) is 6.80. The van der Waals surface area contributed by atoms with Crippen molar-refractivity contribution in [2.75, 3.05) is 0 Å². The van der Waals surface area contributed by atoms with Crippen molar-refractivity contribution >= 4 is 22.9 Å². The van der Waals surface area contributed by atoms with E-state index in [0.717, 1.165) is 35.0 Å². The molecule has 0 amide bonds. The minimum atomic E-state index is -0.183. The number of carbonyl (C=O) groups is 1. The molecule has 0 atom stereocenters. The lowest BCUT2D eigenvalue weighted by molar-refractivity contribution is -0.134. The van der Waals surface area contributed by atoms with Crippen molar-refractivity contribution < 1.29 is 9.53 Å². The van der Waals surface area contributed by atoms with Gasteiger partial charge in [0.15, 0.2) is 0 Å². The van der Waals surface area contributed by atoms with Gasteiger partial charge in [0.1, 0.15) is 5.75 Å². The highest BCUT2D eigenvalue weighted by Gasteiger charge is 2.14. The number of rotatable bonds is 10. The van der Waals surface area contributed by atoms with Crippen LogP contribution >= 0.6 is 0 Å². The van der Waals surface area contributed by atoms with Gasteiger partial charge in [-0.05, 0) is 44.4 Å². The predicted octanol–water partition coefficient (Wildman–Crippen LogP) is 6.62. The van der Waals surface area contributed by atoms with E-state index in [4.69, 9.17) is 9.72 Å². The first-order valence-corrected chi connectivity index (χ1v) is 9.93. The van der Waals surface area contributed by atoms with Crippen LogP contribution in [0.4, 0.5) is 0 Å². The SMILES string of the molecule is CCCCCCC/C=C/c1nc2ccccc2c(OC(=O)CCC)c1C. The number of fused-ring (bicyclic) bond motifs is 1. The molecular weight excluding hydrogens is 322 g/mol. The first-order valence-electron chi connectivity index (χ1n) is 9.93. The lowest BCUT2D eigenvalue weighted by atomic mass is 10.1.